The van der Waals surface area contributed by atoms with Crippen molar-refractivity contribution in [3.05, 3.63) is 0 Å². The van der Waals surface area contributed by atoms with Crippen LogP contribution in [0.15, 0.2) is 0 Å². The maximum atomic E-state index is 12.0. The largest absolute Gasteiger partial charge is 0.481 e. The Morgan fingerprint density at radius 3 is 2.30 bits per heavy atom. The van der Waals surface area contributed by atoms with Gasteiger partial charge < -0.3 is 10.4 Å². The second kappa shape index (κ2) is 7.65. The van der Waals surface area contributed by atoms with Crippen molar-refractivity contribution in [3.63, 3.8) is 0 Å². The molecule has 4 heteroatoms. The minimum Gasteiger partial charge on any atom is -0.481 e. The molecule has 2 atom stereocenters. The first-order valence-corrected chi connectivity index (χ1v) is 8.19. The van der Waals surface area contributed by atoms with E-state index in [0.29, 0.717) is 18.8 Å². The molecule has 2 N–H and O–H groups in total. The molecule has 2 fully saturated rings. The van der Waals surface area contributed by atoms with E-state index in [1.165, 1.54) is 32.1 Å². The number of hydrogen-bond acceptors (Lipinski definition) is 2. The summed E-state index contributed by atoms with van der Waals surface area (Å²) in [4.78, 5) is 23.2. The fourth-order valence-corrected chi connectivity index (χ4v) is 3.69. The average Bonchev–Trinajstić information content (AvgIpc) is 2.46. The maximum absolute atomic E-state index is 12.0. The molecule has 20 heavy (non-hydrogen) atoms. The lowest BCUT2D eigenvalue weighted by molar-refractivity contribution is -0.144. The first kappa shape index (κ1) is 15.3. The van der Waals surface area contributed by atoms with Crippen LogP contribution in [-0.2, 0) is 9.59 Å². The first-order chi connectivity index (χ1) is 9.66. The van der Waals surface area contributed by atoms with Gasteiger partial charge in [0.1, 0.15) is 0 Å². The second-order valence-electron chi connectivity index (χ2n) is 6.45. The Bertz CT molecular complexity index is 337. The number of carbonyl (C=O) groups excluding carboxylic acids is 1. The highest BCUT2D eigenvalue weighted by atomic mass is 16.4. The zero-order valence-electron chi connectivity index (χ0n) is 12.3. The summed E-state index contributed by atoms with van der Waals surface area (Å²) < 4.78 is 0. The van der Waals surface area contributed by atoms with Crippen LogP contribution >= 0.6 is 0 Å². The van der Waals surface area contributed by atoms with E-state index < -0.39 is 5.97 Å². The van der Waals surface area contributed by atoms with E-state index in [4.69, 9.17) is 0 Å². The van der Waals surface area contributed by atoms with E-state index in [-0.39, 0.29) is 17.9 Å². The zero-order valence-corrected chi connectivity index (χ0v) is 12.3. The van der Waals surface area contributed by atoms with Gasteiger partial charge in [0.05, 0.1) is 5.92 Å². The number of carboxylic acid groups (broad SMARTS) is 1. The summed E-state index contributed by atoms with van der Waals surface area (Å²) in [7, 11) is 0. The highest BCUT2D eigenvalue weighted by molar-refractivity contribution is 5.78. The molecular formula is C16H27NO3. The summed E-state index contributed by atoms with van der Waals surface area (Å²) in [6, 6.07) is -0.153. The van der Waals surface area contributed by atoms with Crippen LogP contribution in [0.3, 0.4) is 0 Å². The second-order valence-corrected chi connectivity index (χ2v) is 6.45. The summed E-state index contributed by atoms with van der Waals surface area (Å²) in [5.41, 5.74) is 0. The van der Waals surface area contributed by atoms with Crippen LogP contribution in [0.1, 0.15) is 70.6 Å². The van der Waals surface area contributed by atoms with Crippen LogP contribution in [0, 0.1) is 11.8 Å². The minimum absolute atomic E-state index is 0.0497. The van der Waals surface area contributed by atoms with Crippen LogP contribution in [0.2, 0.25) is 0 Å². The summed E-state index contributed by atoms with van der Waals surface area (Å²) >= 11 is 0. The highest BCUT2D eigenvalue weighted by Crippen LogP contribution is 2.28. The Kier molecular flexibility index (Phi) is 5.86. The zero-order chi connectivity index (χ0) is 14.4. The van der Waals surface area contributed by atoms with Gasteiger partial charge >= 0.3 is 5.97 Å². The van der Waals surface area contributed by atoms with Gasteiger partial charge in [0.15, 0.2) is 0 Å². The molecule has 2 unspecified atom stereocenters. The lowest BCUT2D eigenvalue weighted by atomic mass is 9.84. The minimum atomic E-state index is -0.762. The monoisotopic (exact) mass is 281 g/mol. The van der Waals surface area contributed by atoms with Crippen molar-refractivity contribution in [2.45, 2.75) is 76.7 Å². The van der Waals surface area contributed by atoms with Crippen LogP contribution in [0.25, 0.3) is 0 Å². The summed E-state index contributed by atoms with van der Waals surface area (Å²) in [6.07, 6.45) is 11.5. The third-order valence-corrected chi connectivity index (χ3v) is 4.93. The van der Waals surface area contributed by atoms with Crippen molar-refractivity contribution in [2.24, 2.45) is 11.8 Å². The van der Waals surface area contributed by atoms with E-state index in [1.807, 2.05) is 0 Å². The Morgan fingerprint density at radius 2 is 1.60 bits per heavy atom. The third kappa shape index (κ3) is 4.50. The van der Waals surface area contributed by atoms with E-state index in [9.17, 15) is 14.7 Å². The van der Waals surface area contributed by atoms with Gasteiger partial charge in [0, 0.05) is 12.5 Å². The molecule has 0 radical (unpaired) electrons. The molecule has 0 aromatic rings. The Balaban J connectivity index is 1.73. The van der Waals surface area contributed by atoms with Gasteiger partial charge in [-0.15, -0.1) is 0 Å². The van der Waals surface area contributed by atoms with Crippen molar-refractivity contribution in [2.75, 3.05) is 0 Å². The molecule has 2 rings (SSSR count). The lowest BCUT2D eigenvalue weighted by Gasteiger charge is -2.29. The maximum Gasteiger partial charge on any atom is 0.308 e. The summed E-state index contributed by atoms with van der Waals surface area (Å²) in [5.74, 6) is -0.394. The van der Waals surface area contributed by atoms with Crippen molar-refractivity contribution in [3.8, 4) is 0 Å². The van der Waals surface area contributed by atoms with Crippen molar-refractivity contribution in [1.82, 2.24) is 5.32 Å². The molecule has 2 aliphatic carbocycles. The van der Waals surface area contributed by atoms with Crippen LogP contribution in [0.4, 0.5) is 0 Å². The Morgan fingerprint density at radius 1 is 0.950 bits per heavy atom. The summed E-state index contributed by atoms with van der Waals surface area (Å²) in [5, 5.41) is 12.2. The molecule has 0 aromatic heterocycles. The van der Waals surface area contributed by atoms with Gasteiger partial charge in [-0.1, -0.05) is 44.9 Å². The molecule has 0 aliphatic heterocycles. The van der Waals surface area contributed by atoms with E-state index >= 15 is 0 Å². The molecule has 2 saturated carbocycles. The van der Waals surface area contributed by atoms with Gasteiger partial charge in [-0.25, -0.2) is 0 Å². The number of carboxylic acids is 1. The number of amides is 1. The number of aliphatic carboxylic acids is 1. The van der Waals surface area contributed by atoms with E-state index in [1.54, 1.807) is 0 Å². The average molecular weight is 281 g/mol. The molecule has 114 valence electrons. The SMILES string of the molecule is O=C(CCC1CCCCC1)NC1CCCCC1C(=O)O. The van der Waals surface area contributed by atoms with Crippen LogP contribution < -0.4 is 5.32 Å². The molecule has 0 saturated heterocycles. The van der Waals surface area contributed by atoms with Crippen molar-refractivity contribution >= 4 is 11.9 Å². The molecule has 2 aliphatic rings. The normalized spacial score (nSPS) is 28.0. The van der Waals surface area contributed by atoms with E-state index in [2.05, 4.69) is 5.32 Å². The van der Waals surface area contributed by atoms with Gasteiger partial charge in [-0.3, -0.25) is 9.59 Å². The molecule has 4 nitrogen and oxygen atoms in total. The molecule has 0 spiro atoms. The van der Waals surface area contributed by atoms with E-state index in [0.717, 1.165) is 25.7 Å². The van der Waals surface area contributed by atoms with Gasteiger partial charge in [0.25, 0.3) is 0 Å². The van der Waals surface area contributed by atoms with Crippen molar-refractivity contribution < 1.29 is 14.7 Å². The third-order valence-electron chi connectivity index (χ3n) is 4.93. The van der Waals surface area contributed by atoms with Crippen LogP contribution in [-0.4, -0.2) is 23.0 Å². The predicted molar refractivity (Wildman–Crippen MR) is 77.3 cm³/mol. The summed E-state index contributed by atoms with van der Waals surface area (Å²) in [6.45, 7) is 0. The molecule has 0 aromatic carbocycles. The smallest absolute Gasteiger partial charge is 0.308 e. The Hall–Kier alpha value is -1.06. The topological polar surface area (TPSA) is 66.4 Å². The van der Waals surface area contributed by atoms with Gasteiger partial charge in [0.2, 0.25) is 5.91 Å². The van der Waals surface area contributed by atoms with Crippen LogP contribution in [0.5, 0.6) is 0 Å². The van der Waals surface area contributed by atoms with Gasteiger partial charge in [-0.05, 0) is 25.2 Å². The fourth-order valence-electron chi connectivity index (χ4n) is 3.69. The number of carbonyl (C=O) groups is 2. The quantitative estimate of drug-likeness (QED) is 0.813. The number of rotatable bonds is 5. The molecule has 0 heterocycles. The Labute approximate surface area is 121 Å². The fraction of sp³-hybridized carbons (Fsp3) is 0.875. The molecular weight excluding hydrogens is 254 g/mol. The molecule has 1 amide bonds. The predicted octanol–water partition coefficient (Wildman–Crippen LogP) is 3.11. The lowest BCUT2D eigenvalue weighted by Crippen LogP contribution is -2.45. The van der Waals surface area contributed by atoms with Crippen molar-refractivity contribution in [1.29, 1.82) is 0 Å². The number of nitrogens with one attached hydrogen (secondary N) is 1. The number of hydrogen-bond donors (Lipinski definition) is 2. The molecule has 0 bridgehead atoms. The first-order valence-electron chi connectivity index (χ1n) is 8.19. The van der Waals surface area contributed by atoms with Gasteiger partial charge in [-0.2, -0.15) is 0 Å². The standard InChI is InChI=1S/C16H27NO3/c18-15(11-10-12-6-2-1-3-7-12)17-14-9-5-4-8-13(14)16(19)20/h12-14H,1-11H2,(H,17,18)(H,19,20). The highest BCUT2D eigenvalue weighted by Gasteiger charge is 2.31.